The van der Waals surface area contributed by atoms with E-state index in [2.05, 4.69) is 27.8 Å². The van der Waals surface area contributed by atoms with Crippen molar-refractivity contribution in [2.24, 2.45) is 0 Å². The van der Waals surface area contributed by atoms with E-state index in [1.54, 1.807) is 0 Å². The molecule has 19 heavy (non-hydrogen) atoms. The van der Waals surface area contributed by atoms with E-state index in [0.717, 1.165) is 28.4 Å². The topological polar surface area (TPSA) is 55.1 Å². The van der Waals surface area contributed by atoms with Crippen LogP contribution in [0.3, 0.4) is 0 Å². The zero-order valence-corrected chi connectivity index (χ0v) is 12.7. The Kier molecular flexibility index (Phi) is 4.66. The van der Waals surface area contributed by atoms with Gasteiger partial charge in [0.15, 0.2) is 5.16 Å². The fourth-order valence-electron chi connectivity index (χ4n) is 1.59. The van der Waals surface area contributed by atoms with Gasteiger partial charge < -0.3 is 5.11 Å². The van der Waals surface area contributed by atoms with Crippen molar-refractivity contribution in [3.63, 3.8) is 0 Å². The summed E-state index contributed by atoms with van der Waals surface area (Å²) in [5, 5.41) is 9.98. The van der Waals surface area contributed by atoms with Crippen molar-refractivity contribution in [2.45, 2.75) is 18.5 Å². The lowest BCUT2D eigenvalue weighted by molar-refractivity contribution is 0.440. The van der Waals surface area contributed by atoms with Gasteiger partial charge in [0.1, 0.15) is 0 Å². The molecule has 1 aromatic heterocycles. The summed E-state index contributed by atoms with van der Waals surface area (Å²) in [6.07, 6.45) is 0.964. The van der Waals surface area contributed by atoms with Gasteiger partial charge in [0.05, 0.1) is 11.8 Å². The minimum atomic E-state index is -0.294. The number of rotatable bonds is 4. The first-order valence-electron chi connectivity index (χ1n) is 5.84. The van der Waals surface area contributed by atoms with Crippen LogP contribution in [0.25, 0.3) is 5.69 Å². The number of hydrogen-bond donors (Lipinski definition) is 1. The minimum absolute atomic E-state index is 0.244. The van der Waals surface area contributed by atoms with Gasteiger partial charge in [-0.25, -0.2) is 0 Å². The third kappa shape index (κ3) is 3.19. The Bertz CT molecular complexity index is 643. The SMILES string of the molecule is CCCSc1nc(O)cc(=O)n1-c1ccccc1Br. The Hall–Kier alpha value is -1.27. The number of nitrogens with zero attached hydrogens (tertiary/aromatic N) is 2. The van der Waals surface area contributed by atoms with Crippen LogP contribution in [0.1, 0.15) is 13.3 Å². The van der Waals surface area contributed by atoms with E-state index < -0.39 is 0 Å². The Morgan fingerprint density at radius 2 is 2.16 bits per heavy atom. The highest BCUT2D eigenvalue weighted by Gasteiger charge is 2.12. The van der Waals surface area contributed by atoms with E-state index in [-0.39, 0.29) is 11.4 Å². The summed E-state index contributed by atoms with van der Waals surface area (Å²) in [7, 11) is 0. The number of aromatic nitrogens is 2. The average Bonchev–Trinajstić information content (AvgIpc) is 2.37. The quantitative estimate of drug-likeness (QED) is 0.685. The van der Waals surface area contributed by atoms with Crippen LogP contribution in [0.4, 0.5) is 0 Å². The maximum absolute atomic E-state index is 12.1. The number of halogens is 1. The highest BCUT2D eigenvalue weighted by Crippen LogP contribution is 2.25. The van der Waals surface area contributed by atoms with Gasteiger partial charge in [-0.2, -0.15) is 4.98 Å². The molecular formula is C13H13BrN2O2S. The monoisotopic (exact) mass is 340 g/mol. The largest absolute Gasteiger partial charge is 0.493 e. The average molecular weight is 341 g/mol. The van der Waals surface area contributed by atoms with Crippen molar-refractivity contribution < 1.29 is 5.11 Å². The normalized spacial score (nSPS) is 10.6. The molecule has 0 saturated carbocycles. The van der Waals surface area contributed by atoms with Crippen molar-refractivity contribution >= 4 is 27.7 Å². The van der Waals surface area contributed by atoms with Crippen LogP contribution >= 0.6 is 27.7 Å². The van der Waals surface area contributed by atoms with Crippen LogP contribution in [0, 0.1) is 0 Å². The lowest BCUT2D eigenvalue weighted by Gasteiger charge is -2.12. The van der Waals surface area contributed by atoms with E-state index in [0.29, 0.717) is 5.16 Å². The van der Waals surface area contributed by atoms with E-state index in [1.165, 1.54) is 16.3 Å². The molecule has 1 heterocycles. The molecule has 0 saturated heterocycles. The van der Waals surface area contributed by atoms with Crippen LogP contribution in [-0.4, -0.2) is 20.4 Å². The highest BCUT2D eigenvalue weighted by molar-refractivity contribution is 9.10. The number of thioether (sulfide) groups is 1. The molecule has 2 rings (SSSR count). The second kappa shape index (κ2) is 6.25. The number of hydrogen-bond acceptors (Lipinski definition) is 4. The predicted molar refractivity (Wildman–Crippen MR) is 80.2 cm³/mol. The van der Waals surface area contributed by atoms with E-state index >= 15 is 0 Å². The number of benzene rings is 1. The molecule has 0 radical (unpaired) electrons. The van der Waals surface area contributed by atoms with E-state index in [9.17, 15) is 9.90 Å². The van der Waals surface area contributed by atoms with Crippen molar-refractivity contribution in [2.75, 3.05) is 5.75 Å². The van der Waals surface area contributed by atoms with Crippen molar-refractivity contribution in [1.29, 1.82) is 0 Å². The summed E-state index contributed by atoms with van der Waals surface area (Å²) in [5.41, 5.74) is 0.427. The zero-order chi connectivity index (χ0) is 13.8. The van der Waals surface area contributed by atoms with Gasteiger partial charge >= 0.3 is 0 Å². The smallest absolute Gasteiger partial charge is 0.262 e. The first-order valence-corrected chi connectivity index (χ1v) is 7.62. The van der Waals surface area contributed by atoms with Crippen LogP contribution in [0.15, 0.2) is 44.8 Å². The first kappa shape index (κ1) is 14.1. The fourth-order valence-corrected chi connectivity index (χ4v) is 2.92. The van der Waals surface area contributed by atoms with Gasteiger partial charge in [-0.1, -0.05) is 30.8 Å². The second-order valence-corrected chi connectivity index (χ2v) is 5.79. The second-order valence-electron chi connectivity index (χ2n) is 3.87. The number of para-hydroxylation sites is 1. The molecule has 2 aromatic rings. The Morgan fingerprint density at radius 3 is 2.84 bits per heavy atom. The maximum Gasteiger partial charge on any atom is 0.262 e. The molecule has 6 heteroatoms. The summed E-state index contributed by atoms with van der Waals surface area (Å²) >= 11 is 4.88. The van der Waals surface area contributed by atoms with Crippen LogP contribution in [-0.2, 0) is 0 Å². The first-order chi connectivity index (χ1) is 9.13. The van der Waals surface area contributed by atoms with Crippen molar-refractivity contribution in [1.82, 2.24) is 9.55 Å². The molecule has 0 aliphatic rings. The molecule has 0 aliphatic carbocycles. The summed E-state index contributed by atoms with van der Waals surface area (Å²) in [6, 6.07) is 8.55. The fraction of sp³-hybridized carbons (Fsp3) is 0.231. The standard InChI is InChI=1S/C13H13BrN2O2S/c1-2-7-19-13-15-11(17)8-12(18)16(13)10-6-4-3-5-9(10)14/h3-6,8,17H,2,7H2,1H3. The van der Waals surface area contributed by atoms with Crippen LogP contribution in [0.5, 0.6) is 5.88 Å². The van der Waals surface area contributed by atoms with Crippen LogP contribution < -0.4 is 5.56 Å². The van der Waals surface area contributed by atoms with Crippen molar-refractivity contribution in [3.05, 3.63) is 45.2 Å². The molecule has 100 valence electrons. The lowest BCUT2D eigenvalue weighted by Crippen LogP contribution is -2.20. The molecular weight excluding hydrogens is 328 g/mol. The third-order valence-corrected chi connectivity index (χ3v) is 4.22. The summed E-state index contributed by atoms with van der Waals surface area (Å²) < 4.78 is 2.31. The van der Waals surface area contributed by atoms with Gasteiger partial charge in [0.25, 0.3) is 5.56 Å². The Labute approximate surface area is 123 Å². The van der Waals surface area contributed by atoms with Gasteiger partial charge in [-0.15, -0.1) is 0 Å². The molecule has 0 spiro atoms. The van der Waals surface area contributed by atoms with Gasteiger partial charge in [0.2, 0.25) is 5.88 Å². The summed E-state index contributed by atoms with van der Waals surface area (Å²) in [5.74, 6) is 0.590. The predicted octanol–water partition coefficient (Wildman–Crippen LogP) is 3.20. The molecule has 0 unspecified atom stereocenters. The summed E-state index contributed by atoms with van der Waals surface area (Å²) in [4.78, 5) is 16.2. The van der Waals surface area contributed by atoms with Crippen LogP contribution in [0.2, 0.25) is 0 Å². The molecule has 1 aromatic carbocycles. The number of aromatic hydroxyl groups is 1. The molecule has 4 nitrogen and oxygen atoms in total. The van der Waals surface area contributed by atoms with Gasteiger partial charge in [-0.05, 0) is 34.5 Å². The highest BCUT2D eigenvalue weighted by atomic mass is 79.9. The Morgan fingerprint density at radius 1 is 1.42 bits per heavy atom. The van der Waals surface area contributed by atoms with E-state index in [1.807, 2.05) is 24.3 Å². The Balaban J connectivity index is 2.61. The minimum Gasteiger partial charge on any atom is -0.493 e. The van der Waals surface area contributed by atoms with E-state index in [4.69, 9.17) is 0 Å². The third-order valence-electron chi connectivity index (χ3n) is 2.40. The molecule has 0 amide bonds. The molecule has 0 fully saturated rings. The molecule has 0 atom stereocenters. The molecule has 0 bridgehead atoms. The molecule has 1 N–H and O–H groups in total. The summed E-state index contributed by atoms with van der Waals surface area (Å²) in [6.45, 7) is 2.05. The van der Waals surface area contributed by atoms with Gasteiger partial charge in [0, 0.05) is 10.2 Å². The molecule has 0 aliphatic heterocycles. The zero-order valence-electron chi connectivity index (χ0n) is 10.3. The van der Waals surface area contributed by atoms with Gasteiger partial charge in [-0.3, -0.25) is 9.36 Å². The maximum atomic E-state index is 12.1. The van der Waals surface area contributed by atoms with Crippen molar-refractivity contribution in [3.8, 4) is 11.6 Å². The lowest BCUT2D eigenvalue weighted by atomic mass is 10.3.